The van der Waals surface area contributed by atoms with Crippen molar-refractivity contribution in [3.63, 3.8) is 0 Å². The Hall–Kier alpha value is -4.00. The Bertz CT molecular complexity index is 1160. The number of ether oxygens (including phenoxy) is 3. The number of amidine groups is 1. The van der Waals surface area contributed by atoms with E-state index < -0.39 is 0 Å². The molecule has 0 bridgehead atoms. The lowest BCUT2D eigenvalue weighted by Gasteiger charge is -2.32. The highest BCUT2D eigenvalue weighted by atomic mass is 16.7. The second kappa shape index (κ2) is 8.26. The lowest BCUT2D eigenvalue weighted by atomic mass is 10.1. The monoisotopic (exact) mass is 429 g/mol. The van der Waals surface area contributed by atoms with Crippen LogP contribution in [0.2, 0.25) is 0 Å². The average Bonchev–Trinajstić information content (AvgIpc) is 3.45. The highest BCUT2D eigenvalue weighted by Crippen LogP contribution is 2.42. The normalized spacial score (nSPS) is 16.8. The van der Waals surface area contributed by atoms with Gasteiger partial charge in [-0.15, -0.1) is 5.10 Å². The summed E-state index contributed by atoms with van der Waals surface area (Å²) in [6.07, 6.45) is -0.385. The zero-order chi connectivity index (χ0) is 22.1. The number of carbonyl (C=O) groups excluding carboxylic acids is 1. The van der Waals surface area contributed by atoms with Crippen molar-refractivity contribution in [2.45, 2.75) is 20.0 Å². The van der Waals surface area contributed by atoms with Crippen molar-refractivity contribution in [2.75, 3.05) is 23.3 Å². The average molecular weight is 429 g/mol. The van der Waals surface area contributed by atoms with Gasteiger partial charge < -0.3 is 14.2 Å². The topological polar surface area (TPSA) is 63.6 Å². The molecule has 0 aromatic heterocycles. The largest absolute Gasteiger partial charge is 0.494 e. The number of carbonyl (C=O) groups is 1. The maximum atomic E-state index is 12.7. The minimum Gasteiger partial charge on any atom is -0.494 e. The number of para-hydroxylation sites is 1. The van der Waals surface area contributed by atoms with Gasteiger partial charge in [-0.2, -0.15) is 0 Å². The fourth-order valence-corrected chi connectivity index (χ4v) is 3.95. The summed E-state index contributed by atoms with van der Waals surface area (Å²) in [7, 11) is 0. The van der Waals surface area contributed by atoms with E-state index >= 15 is 0 Å². The minimum atomic E-state index is -0.385. The molecule has 32 heavy (non-hydrogen) atoms. The lowest BCUT2D eigenvalue weighted by molar-refractivity contribution is -0.111. The quantitative estimate of drug-likeness (QED) is 0.564. The number of ketones is 1. The number of anilines is 2. The highest BCUT2D eigenvalue weighted by Gasteiger charge is 2.39. The van der Waals surface area contributed by atoms with E-state index in [0.29, 0.717) is 23.9 Å². The molecule has 3 aromatic rings. The maximum absolute atomic E-state index is 12.7. The summed E-state index contributed by atoms with van der Waals surface area (Å²) >= 11 is 0. The van der Waals surface area contributed by atoms with Gasteiger partial charge in [0.05, 0.1) is 12.3 Å². The van der Waals surface area contributed by atoms with Gasteiger partial charge in [0.25, 0.3) is 0 Å². The number of rotatable bonds is 6. The smallest absolute Gasteiger partial charge is 0.231 e. The molecule has 7 heteroatoms. The standard InChI is InChI=1S/C25H23N3O4/c1-3-30-21-12-10-19(11-13-21)27-24(17(2)29)26-28(20-7-5-4-6-8-20)25(27)18-9-14-22-23(15-18)32-16-31-22/h4-15,25H,3,16H2,1-2H3. The maximum Gasteiger partial charge on any atom is 0.231 e. The SMILES string of the molecule is CCOc1ccc(N2C(C(C)=O)=NN(c3ccccc3)C2c2ccc3c(c2)OCO3)cc1. The van der Waals surface area contributed by atoms with Gasteiger partial charge in [-0.05, 0) is 55.5 Å². The van der Waals surface area contributed by atoms with Gasteiger partial charge in [0.1, 0.15) is 5.75 Å². The van der Waals surface area contributed by atoms with Crippen LogP contribution in [0.1, 0.15) is 25.6 Å². The van der Waals surface area contributed by atoms with Crippen molar-refractivity contribution in [2.24, 2.45) is 5.10 Å². The summed E-state index contributed by atoms with van der Waals surface area (Å²) in [4.78, 5) is 14.6. The zero-order valence-electron chi connectivity index (χ0n) is 17.9. The molecular formula is C25H23N3O4. The summed E-state index contributed by atoms with van der Waals surface area (Å²) < 4.78 is 16.7. The van der Waals surface area contributed by atoms with E-state index in [0.717, 1.165) is 22.7 Å². The molecule has 5 rings (SSSR count). The Balaban J connectivity index is 1.64. The third-order valence-corrected chi connectivity index (χ3v) is 5.36. The van der Waals surface area contributed by atoms with Crippen LogP contribution in [0.3, 0.4) is 0 Å². The Labute approximate surface area is 186 Å². The number of hydrogen-bond acceptors (Lipinski definition) is 7. The molecule has 0 saturated heterocycles. The van der Waals surface area contributed by atoms with Gasteiger partial charge in [-0.25, -0.2) is 5.01 Å². The Morgan fingerprint density at radius 1 is 1.00 bits per heavy atom. The number of nitrogens with zero attached hydrogens (tertiary/aromatic N) is 3. The molecule has 162 valence electrons. The molecule has 0 amide bonds. The van der Waals surface area contributed by atoms with E-state index in [1.54, 1.807) is 0 Å². The number of Topliss-reactive ketones (excluding diaryl/α,β-unsaturated/α-hetero) is 1. The van der Waals surface area contributed by atoms with E-state index in [9.17, 15) is 4.79 Å². The van der Waals surface area contributed by atoms with E-state index in [4.69, 9.17) is 19.3 Å². The van der Waals surface area contributed by atoms with Crippen molar-refractivity contribution >= 4 is 23.0 Å². The van der Waals surface area contributed by atoms with E-state index in [2.05, 4.69) is 0 Å². The summed E-state index contributed by atoms with van der Waals surface area (Å²) in [5.74, 6) is 2.40. The van der Waals surface area contributed by atoms with Crippen LogP contribution in [0.15, 0.2) is 77.9 Å². The molecule has 0 spiro atoms. The zero-order valence-corrected chi connectivity index (χ0v) is 17.9. The molecule has 1 unspecified atom stereocenters. The molecule has 1 atom stereocenters. The summed E-state index contributed by atoms with van der Waals surface area (Å²) in [5, 5.41) is 6.61. The molecule has 0 fully saturated rings. The van der Waals surface area contributed by atoms with Crippen LogP contribution < -0.4 is 24.1 Å². The second-order valence-corrected chi connectivity index (χ2v) is 7.44. The first-order valence-electron chi connectivity index (χ1n) is 10.5. The lowest BCUT2D eigenvalue weighted by Crippen LogP contribution is -2.37. The van der Waals surface area contributed by atoms with Gasteiger partial charge in [-0.3, -0.25) is 9.69 Å². The third-order valence-electron chi connectivity index (χ3n) is 5.36. The van der Waals surface area contributed by atoms with Crippen molar-refractivity contribution in [1.29, 1.82) is 0 Å². The molecule has 0 saturated carbocycles. The molecule has 0 N–H and O–H groups in total. The third kappa shape index (κ3) is 3.51. The Morgan fingerprint density at radius 3 is 2.47 bits per heavy atom. The van der Waals surface area contributed by atoms with E-state index in [-0.39, 0.29) is 18.7 Å². The highest BCUT2D eigenvalue weighted by molar-refractivity contribution is 6.44. The predicted molar refractivity (Wildman–Crippen MR) is 122 cm³/mol. The number of hydrogen-bond donors (Lipinski definition) is 0. The van der Waals surface area contributed by atoms with Crippen LogP contribution in [-0.2, 0) is 4.79 Å². The predicted octanol–water partition coefficient (Wildman–Crippen LogP) is 4.74. The first-order valence-corrected chi connectivity index (χ1v) is 10.5. The Kier molecular flexibility index (Phi) is 5.15. The van der Waals surface area contributed by atoms with Crippen LogP contribution in [0.5, 0.6) is 17.2 Å². The summed E-state index contributed by atoms with van der Waals surface area (Å²) in [6, 6.07) is 23.3. The number of fused-ring (bicyclic) bond motifs is 1. The number of hydrazone groups is 1. The van der Waals surface area contributed by atoms with Crippen LogP contribution in [-0.4, -0.2) is 25.0 Å². The molecule has 2 heterocycles. The fourth-order valence-electron chi connectivity index (χ4n) is 3.95. The minimum absolute atomic E-state index is 0.122. The van der Waals surface area contributed by atoms with Crippen LogP contribution in [0.25, 0.3) is 0 Å². The first-order chi connectivity index (χ1) is 15.7. The molecular weight excluding hydrogens is 406 g/mol. The van der Waals surface area contributed by atoms with E-state index in [1.807, 2.05) is 89.6 Å². The fraction of sp³-hybridized carbons (Fsp3) is 0.200. The van der Waals surface area contributed by atoms with Gasteiger partial charge in [0.2, 0.25) is 6.79 Å². The van der Waals surface area contributed by atoms with E-state index in [1.165, 1.54) is 6.92 Å². The van der Waals surface area contributed by atoms with Crippen molar-refractivity contribution in [3.05, 3.63) is 78.4 Å². The molecule has 3 aromatic carbocycles. The van der Waals surface area contributed by atoms with Crippen LogP contribution >= 0.6 is 0 Å². The first kappa shape index (κ1) is 19.9. The van der Waals surface area contributed by atoms with Crippen molar-refractivity contribution in [1.82, 2.24) is 0 Å². The van der Waals surface area contributed by atoms with Crippen molar-refractivity contribution in [3.8, 4) is 17.2 Å². The molecule has 2 aliphatic heterocycles. The van der Waals surface area contributed by atoms with Gasteiger partial charge in [-0.1, -0.05) is 24.3 Å². The van der Waals surface area contributed by atoms with Crippen molar-refractivity contribution < 1.29 is 19.0 Å². The van der Waals surface area contributed by atoms with Gasteiger partial charge >= 0.3 is 0 Å². The molecule has 2 aliphatic rings. The van der Waals surface area contributed by atoms with Crippen LogP contribution in [0, 0.1) is 0 Å². The van der Waals surface area contributed by atoms with Crippen LogP contribution in [0.4, 0.5) is 11.4 Å². The second-order valence-electron chi connectivity index (χ2n) is 7.44. The Morgan fingerprint density at radius 2 is 1.75 bits per heavy atom. The summed E-state index contributed by atoms with van der Waals surface area (Å²) in [5.41, 5.74) is 2.64. The van der Waals surface area contributed by atoms with Gasteiger partial charge in [0.15, 0.2) is 29.3 Å². The van der Waals surface area contributed by atoms with Gasteiger partial charge in [0, 0.05) is 18.2 Å². The molecule has 0 radical (unpaired) electrons. The summed E-state index contributed by atoms with van der Waals surface area (Å²) in [6.45, 7) is 4.27. The molecule has 7 nitrogen and oxygen atoms in total. The molecule has 0 aliphatic carbocycles. The number of benzene rings is 3.